The van der Waals surface area contributed by atoms with Gasteiger partial charge in [0.25, 0.3) is 0 Å². The van der Waals surface area contributed by atoms with E-state index in [4.69, 9.17) is 22.0 Å². The molecule has 0 atom stereocenters. The van der Waals surface area contributed by atoms with E-state index < -0.39 is 17.7 Å². The average Bonchev–Trinajstić information content (AvgIpc) is 2.60. The van der Waals surface area contributed by atoms with Gasteiger partial charge in [-0.2, -0.15) is 18.4 Å². The molecular formula is C17H11ClF3N3O2S. The van der Waals surface area contributed by atoms with Crippen LogP contribution in [0.3, 0.4) is 0 Å². The number of benzene rings is 2. The lowest BCUT2D eigenvalue weighted by Crippen LogP contribution is -2.12. The second kappa shape index (κ2) is 8.33. The highest BCUT2D eigenvalue weighted by Crippen LogP contribution is 2.43. The van der Waals surface area contributed by atoms with Crippen LogP contribution in [-0.4, -0.2) is 22.5 Å². The number of nitrogens with zero attached hydrogens (tertiary/aromatic N) is 2. The van der Waals surface area contributed by atoms with Crippen molar-refractivity contribution < 1.29 is 23.1 Å². The van der Waals surface area contributed by atoms with E-state index in [9.17, 15) is 18.0 Å². The molecule has 0 amide bonds. The fraction of sp³-hybridized carbons (Fsp3) is 0.118. The topological polar surface area (TPSA) is 85.5 Å². The van der Waals surface area contributed by atoms with E-state index in [-0.39, 0.29) is 32.6 Å². The van der Waals surface area contributed by atoms with Crippen LogP contribution in [0.15, 0.2) is 41.4 Å². The summed E-state index contributed by atoms with van der Waals surface area (Å²) in [7, 11) is 0. The third-order valence-corrected chi connectivity index (χ3v) is 4.27. The molecule has 0 saturated heterocycles. The summed E-state index contributed by atoms with van der Waals surface area (Å²) < 4.78 is 40.8. The van der Waals surface area contributed by atoms with Crippen molar-refractivity contribution in [3.8, 4) is 17.3 Å². The molecule has 10 heteroatoms. The minimum Gasteiger partial charge on any atom is -0.478 e. The molecule has 0 aliphatic heterocycles. The molecule has 140 valence electrons. The summed E-state index contributed by atoms with van der Waals surface area (Å²) in [4.78, 5) is 14.9. The van der Waals surface area contributed by atoms with Crippen molar-refractivity contribution in [2.24, 2.45) is 4.99 Å². The van der Waals surface area contributed by atoms with Gasteiger partial charge in [-0.3, -0.25) is 5.32 Å². The summed E-state index contributed by atoms with van der Waals surface area (Å²) in [6.45, 7) is 0. The van der Waals surface area contributed by atoms with Crippen LogP contribution in [0, 0.1) is 11.5 Å². The number of hydrogen-bond acceptors (Lipinski definition) is 4. The molecule has 0 unspecified atom stereocenters. The first-order valence-corrected chi connectivity index (χ1v) is 8.80. The Kier molecular flexibility index (Phi) is 6.36. The van der Waals surface area contributed by atoms with Crippen molar-refractivity contribution >= 4 is 40.2 Å². The molecule has 0 heterocycles. The summed E-state index contributed by atoms with van der Waals surface area (Å²) in [5.41, 5.74) is -1.32. The number of hydrogen-bond donors (Lipinski definition) is 2. The zero-order valence-corrected chi connectivity index (χ0v) is 15.2. The van der Waals surface area contributed by atoms with Crippen molar-refractivity contribution in [3.05, 3.63) is 52.5 Å². The Hall–Kier alpha value is -2.70. The molecule has 0 aromatic heterocycles. The number of aromatic carboxylic acids is 1. The van der Waals surface area contributed by atoms with Crippen molar-refractivity contribution in [1.82, 2.24) is 5.32 Å². The largest absolute Gasteiger partial charge is 0.478 e. The van der Waals surface area contributed by atoms with Crippen LogP contribution >= 0.6 is 23.4 Å². The van der Waals surface area contributed by atoms with E-state index in [0.29, 0.717) is 0 Å². The second-order valence-corrected chi connectivity index (χ2v) is 6.29. The molecule has 5 nitrogen and oxygen atoms in total. The van der Waals surface area contributed by atoms with Gasteiger partial charge in [-0.15, -0.1) is 0 Å². The van der Waals surface area contributed by atoms with Gasteiger partial charge >= 0.3 is 12.1 Å². The van der Waals surface area contributed by atoms with Crippen LogP contribution in [0.4, 0.5) is 18.9 Å². The molecule has 0 spiro atoms. The first-order chi connectivity index (χ1) is 12.7. The standard InChI is InChI=1S/C17H11ClF3N3O2S/c1-27-16(23-8-22)24-11-6-12(17(19,20)21)14(13(18)7-11)9-2-4-10(5-3-9)15(25)26/h2-7H,1H3,(H,23,24)(H,25,26). The van der Waals surface area contributed by atoms with Gasteiger partial charge in [-0.05, 0) is 36.1 Å². The smallest absolute Gasteiger partial charge is 0.417 e. The van der Waals surface area contributed by atoms with Gasteiger partial charge < -0.3 is 5.11 Å². The number of carboxylic acid groups (broad SMARTS) is 1. The maximum atomic E-state index is 13.6. The SMILES string of the molecule is CSC(=Nc1cc(Cl)c(-c2ccc(C(=O)O)cc2)c(C(F)(F)F)c1)NC#N. The van der Waals surface area contributed by atoms with Gasteiger partial charge in [0.15, 0.2) is 11.4 Å². The molecule has 2 aromatic rings. The van der Waals surface area contributed by atoms with Crippen LogP contribution in [0.25, 0.3) is 11.1 Å². The third-order valence-electron chi connectivity index (χ3n) is 3.39. The van der Waals surface area contributed by atoms with Gasteiger partial charge in [0, 0.05) is 5.56 Å². The third kappa shape index (κ3) is 4.93. The zero-order chi connectivity index (χ0) is 20.2. The predicted octanol–water partition coefficient (Wildman–Crippen LogP) is 5.15. The number of halogens is 4. The first kappa shape index (κ1) is 20.6. The van der Waals surface area contributed by atoms with Gasteiger partial charge in [-0.1, -0.05) is 35.5 Å². The van der Waals surface area contributed by atoms with Gasteiger partial charge in [0.2, 0.25) is 0 Å². The Morgan fingerprint density at radius 1 is 1.30 bits per heavy atom. The number of rotatable bonds is 3. The molecule has 2 aromatic carbocycles. The van der Waals surface area contributed by atoms with Crippen molar-refractivity contribution in [2.75, 3.05) is 6.26 Å². The van der Waals surface area contributed by atoms with Crippen LogP contribution in [-0.2, 0) is 6.18 Å². The van der Waals surface area contributed by atoms with Gasteiger partial charge in [0.1, 0.15) is 0 Å². The van der Waals surface area contributed by atoms with Crippen molar-refractivity contribution in [3.63, 3.8) is 0 Å². The van der Waals surface area contributed by atoms with E-state index in [1.165, 1.54) is 30.3 Å². The molecule has 0 saturated carbocycles. The summed E-state index contributed by atoms with van der Waals surface area (Å²) in [5.74, 6) is -1.19. The van der Waals surface area contributed by atoms with Crippen LogP contribution in [0.5, 0.6) is 0 Å². The maximum absolute atomic E-state index is 13.6. The molecule has 2 rings (SSSR count). The monoisotopic (exact) mass is 413 g/mol. The normalized spacial score (nSPS) is 11.8. The average molecular weight is 414 g/mol. The quantitative estimate of drug-likeness (QED) is 0.315. The predicted molar refractivity (Wildman–Crippen MR) is 98.2 cm³/mol. The number of thioether (sulfide) groups is 1. The summed E-state index contributed by atoms with van der Waals surface area (Å²) in [5, 5.41) is 19.7. The number of nitriles is 1. The molecule has 0 aliphatic carbocycles. The van der Waals surface area contributed by atoms with E-state index in [0.717, 1.165) is 17.8 Å². The highest BCUT2D eigenvalue weighted by molar-refractivity contribution is 8.13. The Morgan fingerprint density at radius 2 is 1.93 bits per heavy atom. The van der Waals surface area contributed by atoms with Crippen LogP contribution < -0.4 is 5.32 Å². The van der Waals surface area contributed by atoms with E-state index in [2.05, 4.69) is 10.3 Å². The van der Waals surface area contributed by atoms with E-state index >= 15 is 0 Å². The number of nitrogens with one attached hydrogen (secondary N) is 1. The molecular weight excluding hydrogens is 403 g/mol. The highest BCUT2D eigenvalue weighted by Gasteiger charge is 2.35. The second-order valence-electron chi connectivity index (χ2n) is 5.09. The van der Waals surface area contributed by atoms with Crippen molar-refractivity contribution in [1.29, 1.82) is 5.26 Å². The maximum Gasteiger partial charge on any atom is 0.417 e. The summed E-state index contributed by atoms with van der Waals surface area (Å²) in [6, 6.07) is 6.97. The highest BCUT2D eigenvalue weighted by atomic mass is 35.5. The number of aliphatic imine (C=N–C) groups is 1. The molecule has 0 fully saturated rings. The fourth-order valence-corrected chi connectivity index (χ4v) is 2.91. The Balaban J connectivity index is 2.65. The molecule has 27 heavy (non-hydrogen) atoms. The number of carboxylic acids is 1. The lowest BCUT2D eigenvalue weighted by atomic mass is 9.97. The van der Waals surface area contributed by atoms with E-state index in [1.54, 1.807) is 12.4 Å². The van der Waals surface area contributed by atoms with Crippen molar-refractivity contribution in [2.45, 2.75) is 6.18 Å². The number of amidine groups is 1. The summed E-state index contributed by atoms with van der Waals surface area (Å²) in [6.07, 6.45) is -1.47. The molecule has 2 N–H and O–H groups in total. The van der Waals surface area contributed by atoms with Crippen LogP contribution in [0.2, 0.25) is 5.02 Å². The van der Waals surface area contributed by atoms with Gasteiger partial charge in [0.05, 0.1) is 21.8 Å². The van der Waals surface area contributed by atoms with Gasteiger partial charge in [-0.25, -0.2) is 9.79 Å². The molecule has 0 radical (unpaired) electrons. The number of alkyl halides is 3. The molecule has 0 bridgehead atoms. The zero-order valence-electron chi connectivity index (χ0n) is 13.6. The van der Waals surface area contributed by atoms with Crippen LogP contribution in [0.1, 0.15) is 15.9 Å². The van der Waals surface area contributed by atoms with E-state index in [1.807, 2.05) is 0 Å². The fourth-order valence-electron chi connectivity index (χ4n) is 2.24. The summed E-state index contributed by atoms with van der Waals surface area (Å²) >= 11 is 7.15. The molecule has 0 aliphatic rings. The minimum atomic E-state index is -4.72. The Labute approximate surface area is 161 Å². The number of carbonyl (C=O) groups is 1. The minimum absolute atomic E-state index is 0.0585. The lowest BCUT2D eigenvalue weighted by Gasteiger charge is -2.16. The lowest BCUT2D eigenvalue weighted by molar-refractivity contribution is -0.137. The Morgan fingerprint density at radius 3 is 2.41 bits per heavy atom. The first-order valence-electron chi connectivity index (χ1n) is 7.19. The Bertz CT molecular complexity index is 938.